The summed E-state index contributed by atoms with van der Waals surface area (Å²) in [5.74, 6) is 2.73. The van der Waals surface area contributed by atoms with Gasteiger partial charge < -0.3 is 14.7 Å². The molecule has 4 rings (SSSR count). The predicted octanol–water partition coefficient (Wildman–Crippen LogP) is 4.12. The van der Waals surface area contributed by atoms with E-state index in [4.69, 9.17) is 14.7 Å². The van der Waals surface area contributed by atoms with Crippen LogP contribution in [0, 0.1) is 20.8 Å². The lowest BCUT2D eigenvalue weighted by molar-refractivity contribution is 0.0660. The van der Waals surface area contributed by atoms with Crippen LogP contribution in [-0.4, -0.2) is 65.4 Å². The van der Waals surface area contributed by atoms with E-state index in [0.29, 0.717) is 13.2 Å². The van der Waals surface area contributed by atoms with Crippen molar-refractivity contribution in [2.24, 2.45) is 0 Å². The maximum Gasteiger partial charge on any atom is 0.136 e. The Hall–Kier alpha value is -2.96. The minimum absolute atomic E-state index is 0.302. The molecule has 0 amide bonds. The molecule has 35 heavy (non-hydrogen) atoms. The SMILES string of the molecule is CCc1nc(C)nc(N2CCN(C[C@@H](O)COc3ccccc3C)CC2)c1Cc1cccc(C)c1. The summed E-state index contributed by atoms with van der Waals surface area (Å²) < 4.78 is 5.85. The largest absolute Gasteiger partial charge is 0.491 e. The number of benzene rings is 2. The van der Waals surface area contributed by atoms with Crippen molar-refractivity contribution >= 4 is 5.82 Å². The topological polar surface area (TPSA) is 61.7 Å². The molecule has 6 heteroatoms. The van der Waals surface area contributed by atoms with E-state index in [9.17, 15) is 5.11 Å². The Bertz CT molecular complexity index is 1130. The molecule has 3 aromatic rings. The van der Waals surface area contributed by atoms with Gasteiger partial charge in [0.15, 0.2) is 0 Å². The van der Waals surface area contributed by atoms with E-state index < -0.39 is 6.10 Å². The lowest BCUT2D eigenvalue weighted by Crippen LogP contribution is -2.49. The van der Waals surface area contributed by atoms with Gasteiger partial charge in [-0.25, -0.2) is 9.97 Å². The molecular weight excluding hydrogens is 436 g/mol. The molecule has 6 nitrogen and oxygen atoms in total. The molecule has 1 aliphatic rings. The summed E-state index contributed by atoms with van der Waals surface area (Å²) in [5, 5.41) is 10.6. The number of rotatable bonds is 9. The third kappa shape index (κ3) is 6.59. The van der Waals surface area contributed by atoms with Crippen molar-refractivity contribution in [3.05, 3.63) is 82.3 Å². The molecule has 186 valence electrons. The van der Waals surface area contributed by atoms with E-state index in [2.05, 4.69) is 47.9 Å². The Morgan fingerprint density at radius 1 is 0.971 bits per heavy atom. The van der Waals surface area contributed by atoms with E-state index >= 15 is 0 Å². The van der Waals surface area contributed by atoms with Gasteiger partial charge in [-0.05, 0) is 44.4 Å². The normalized spacial score (nSPS) is 15.3. The van der Waals surface area contributed by atoms with Crippen LogP contribution in [0.2, 0.25) is 0 Å². The molecular formula is C29H38N4O2. The summed E-state index contributed by atoms with van der Waals surface area (Å²) in [6.07, 6.45) is 1.21. The van der Waals surface area contributed by atoms with Gasteiger partial charge in [0.25, 0.3) is 0 Å². The fourth-order valence-corrected chi connectivity index (χ4v) is 4.80. The van der Waals surface area contributed by atoms with Gasteiger partial charge in [0, 0.05) is 50.4 Å². The number of hydrogen-bond acceptors (Lipinski definition) is 6. The van der Waals surface area contributed by atoms with Crippen LogP contribution in [-0.2, 0) is 12.8 Å². The Balaban J connectivity index is 1.39. The zero-order chi connectivity index (χ0) is 24.8. The molecule has 0 saturated carbocycles. The smallest absolute Gasteiger partial charge is 0.136 e. The number of piperazine rings is 1. The number of aryl methyl sites for hydroxylation is 4. The van der Waals surface area contributed by atoms with Crippen molar-refractivity contribution in [3.8, 4) is 5.75 Å². The average Bonchev–Trinajstić information content (AvgIpc) is 2.85. The van der Waals surface area contributed by atoms with Crippen LogP contribution in [0.1, 0.15) is 40.7 Å². The first-order chi connectivity index (χ1) is 16.9. The molecule has 1 saturated heterocycles. The molecule has 0 bridgehead atoms. The first kappa shape index (κ1) is 25.1. The number of β-amino-alcohol motifs (C(OH)–C–C–N with tert-alkyl or cyclic N) is 1. The Kier molecular flexibility index (Phi) is 8.37. The highest BCUT2D eigenvalue weighted by molar-refractivity contribution is 5.52. The van der Waals surface area contributed by atoms with Crippen LogP contribution in [0.3, 0.4) is 0 Å². The number of anilines is 1. The molecule has 0 spiro atoms. The van der Waals surface area contributed by atoms with Gasteiger partial charge >= 0.3 is 0 Å². The monoisotopic (exact) mass is 474 g/mol. The summed E-state index contributed by atoms with van der Waals surface area (Å²) in [7, 11) is 0. The summed E-state index contributed by atoms with van der Waals surface area (Å²) in [6, 6.07) is 16.6. The quantitative estimate of drug-likeness (QED) is 0.504. The number of aromatic nitrogens is 2. The molecule has 0 aliphatic carbocycles. The van der Waals surface area contributed by atoms with Crippen LogP contribution in [0.4, 0.5) is 5.82 Å². The van der Waals surface area contributed by atoms with Crippen LogP contribution < -0.4 is 9.64 Å². The van der Waals surface area contributed by atoms with Gasteiger partial charge in [-0.1, -0.05) is 55.0 Å². The molecule has 2 heterocycles. The van der Waals surface area contributed by atoms with Gasteiger partial charge in [0.1, 0.15) is 30.1 Å². The van der Waals surface area contributed by atoms with Crippen LogP contribution in [0.5, 0.6) is 5.75 Å². The highest BCUT2D eigenvalue weighted by atomic mass is 16.5. The van der Waals surface area contributed by atoms with Crippen molar-refractivity contribution in [3.63, 3.8) is 0 Å². The van der Waals surface area contributed by atoms with E-state index in [1.807, 2.05) is 38.1 Å². The fourth-order valence-electron chi connectivity index (χ4n) is 4.80. The molecule has 0 unspecified atom stereocenters. The van der Waals surface area contributed by atoms with Crippen LogP contribution in [0.15, 0.2) is 48.5 Å². The molecule has 1 aromatic heterocycles. The van der Waals surface area contributed by atoms with Gasteiger partial charge in [0.05, 0.1) is 0 Å². The summed E-state index contributed by atoms with van der Waals surface area (Å²) >= 11 is 0. The van der Waals surface area contributed by atoms with E-state index in [-0.39, 0.29) is 0 Å². The molecule has 1 N–H and O–H groups in total. The minimum atomic E-state index is -0.522. The number of para-hydroxylation sites is 1. The highest BCUT2D eigenvalue weighted by Crippen LogP contribution is 2.26. The van der Waals surface area contributed by atoms with Crippen molar-refractivity contribution in [1.82, 2.24) is 14.9 Å². The Morgan fingerprint density at radius 3 is 2.46 bits per heavy atom. The molecule has 1 aliphatic heterocycles. The third-order valence-corrected chi connectivity index (χ3v) is 6.65. The third-order valence-electron chi connectivity index (χ3n) is 6.65. The fraction of sp³-hybridized carbons (Fsp3) is 0.448. The first-order valence-electron chi connectivity index (χ1n) is 12.7. The second-order valence-corrected chi connectivity index (χ2v) is 9.56. The second kappa shape index (κ2) is 11.6. The number of aliphatic hydroxyl groups excluding tert-OH is 1. The first-order valence-corrected chi connectivity index (χ1v) is 12.7. The number of nitrogens with zero attached hydrogens (tertiary/aromatic N) is 4. The second-order valence-electron chi connectivity index (χ2n) is 9.56. The zero-order valence-corrected chi connectivity index (χ0v) is 21.5. The minimum Gasteiger partial charge on any atom is -0.491 e. The standard InChI is InChI=1S/C29H38N4O2/c1-5-27-26(18-24-11-8-9-21(2)17-24)29(31-23(4)30-27)33-15-13-32(14-16-33)19-25(34)20-35-28-12-7-6-10-22(28)3/h6-12,17,25,34H,5,13-16,18-20H2,1-4H3/t25-/m1/s1. The van der Waals surface area contributed by atoms with Crippen LogP contribution in [0.25, 0.3) is 0 Å². The molecule has 1 atom stereocenters. The Morgan fingerprint density at radius 2 is 1.74 bits per heavy atom. The molecule has 1 fully saturated rings. The molecule has 0 radical (unpaired) electrons. The lowest BCUT2D eigenvalue weighted by Gasteiger charge is -2.37. The Labute approximate surface area is 209 Å². The summed E-state index contributed by atoms with van der Waals surface area (Å²) in [5.41, 5.74) is 6.03. The van der Waals surface area contributed by atoms with Gasteiger partial charge in [-0.15, -0.1) is 0 Å². The molecule has 2 aromatic carbocycles. The summed E-state index contributed by atoms with van der Waals surface area (Å²) in [6.45, 7) is 12.8. The average molecular weight is 475 g/mol. The van der Waals surface area contributed by atoms with Crippen molar-refractivity contribution in [1.29, 1.82) is 0 Å². The lowest BCUT2D eigenvalue weighted by atomic mass is 10.0. The van der Waals surface area contributed by atoms with E-state index in [1.165, 1.54) is 16.7 Å². The highest BCUT2D eigenvalue weighted by Gasteiger charge is 2.24. The van der Waals surface area contributed by atoms with Crippen molar-refractivity contribution in [2.75, 3.05) is 44.2 Å². The van der Waals surface area contributed by atoms with Gasteiger partial charge in [-0.2, -0.15) is 0 Å². The number of aliphatic hydroxyl groups is 1. The van der Waals surface area contributed by atoms with E-state index in [0.717, 1.165) is 67.7 Å². The predicted molar refractivity (Wildman–Crippen MR) is 141 cm³/mol. The van der Waals surface area contributed by atoms with Crippen molar-refractivity contribution in [2.45, 2.75) is 46.6 Å². The summed E-state index contributed by atoms with van der Waals surface area (Å²) in [4.78, 5) is 14.4. The van der Waals surface area contributed by atoms with Gasteiger partial charge in [-0.3, -0.25) is 4.90 Å². The number of ether oxygens (including phenoxy) is 1. The maximum atomic E-state index is 10.6. The maximum absolute atomic E-state index is 10.6. The van der Waals surface area contributed by atoms with Crippen LogP contribution >= 0.6 is 0 Å². The van der Waals surface area contributed by atoms with E-state index in [1.54, 1.807) is 0 Å². The van der Waals surface area contributed by atoms with Crippen molar-refractivity contribution < 1.29 is 9.84 Å². The zero-order valence-electron chi connectivity index (χ0n) is 21.5. The van der Waals surface area contributed by atoms with Gasteiger partial charge in [0.2, 0.25) is 0 Å². The number of hydrogen-bond donors (Lipinski definition) is 1.